The van der Waals surface area contributed by atoms with Gasteiger partial charge in [0, 0.05) is 41.5 Å². The molecule has 1 N–H and O–H groups in total. The van der Waals surface area contributed by atoms with Gasteiger partial charge < -0.3 is 0 Å². The van der Waals surface area contributed by atoms with E-state index in [9.17, 15) is 22.0 Å². The second-order valence-electron chi connectivity index (χ2n) is 9.58. The van der Waals surface area contributed by atoms with E-state index in [-0.39, 0.29) is 28.8 Å². The largest absolute Gasteiger partial charge is 0.298 e. The molecular formula is C31H25F2N5O3S. The van der Waals surface area contributed by atoms with Crippen LogP contribution in [-0.2, 0) is 10.0 Å². The van der Waals surface area contributed by atoms with Gasteiger partial charge in [0.05, 0.1) is 22.9 Å². The minimum absolute atomic E-state index is 0.00625. The molecule has 1 unspecified atom stereocenters. The lowest BCUT2D eigenvalue weighted by atomic mass is 10.00. The number of hydrogen-bond donors (Lipinski definition) is 1. The monoisotopic (exact) mass is 585 g/mol. The van der Waals surface area contributed by atoms with Gasteiger partial charge in [0.15, 0.2) is 6.29 Å². The molecule has 0 radical (unpaired) electrons. The summed E-state index contributed by atoms with van der Waals surface area (Å²) in [6.07, 6.45) is 8.81. The summed E-state index contributed by atoms with van der Waals surface area (Å²) in [6, 6.07) is 15.3. The van der Waals surface area contributed by atoms with Crippen LogP contribution in [0.1, 0.15) is 52.9 Å². The Hall–Kier alpha value is -4.84. The van der Waals surface area contributed by atoms with E-state index in [4.69, 9.17) is 10.5 Å². The number of nitriles is 2. The number of aromatic nitrogens is 2. The molecular weight excluding hydrogens is 560 g/mol. The van der Waals surface area contributed by atoms with Crippen LogP contribution in [0.2, 0.25) is 0 Å². The van der Waals surface area contributed by atoms with Crippen LogP contribution in [0.15, 0.2) is 73.3 Å². The molecule has 42 heavy (non-hydrogen) atoms. The van der Waals surface area contributed by atoms with Crippen molar-refractivity contribution in [3.8, 4) is 34.4 Å². The smallest absolute Gasteiger partial charge is 0.211 e. The Morgan fingerprint density at radius 3 is 1.90 bits per heavy atom. The maximum atomic E-state index is 13.9. The number of halogens is 2. The molecule has 1 aliphatic rings. The SMILES string of the molecule is CCS(=O)(=O)NC(c1cncc(-c2ccc(C#N)c(F)c2)c1)C1CC1.N#Cc1ccc(-c2cncc(C=O)c2)cc1F. The van der Waals surface area contributed by atoms with Crippen LogP contribution < -0.4 is 4.72 Å². The molecule has 0 spiro atoms. The van der Waals surface area contributed by atoms with Gasteiger partial charge >= 0.3 is 0 Å². The lowest BCUT2D eigenvalue weighted by Crippen LogP contribution is -2.31. The molecule has 212 valence electrons. The first-order chi connectivity index (χ1) is 20.2. The van der Waals surface area contributed by atoms with Gasteiger partial charge in [0.25, 0.3) is 0 Å². The highest BCUT2D eigenvalue weighted by atomic mass is 32.2. The molecule has 11 heteroatoms. The number of benzene rings is 2. The van der Waals surface area contributed by atoms with Gasteiger partial charge in [0.1, 0.15) is 23.8 Å². The number of sulfonamides is 1. The van der Waals surface area contributed by atoms with Crippen molar-refractivity contribution in [2.75, 3.05) is 5.75 Å². The predicted molar refractivity (Wildman–Crippen MR) is 152 cm³/mol. The maximum absolute atomic E-state index is 13.9. The van der Waals surface area contributed by atoms with Crippen LogP contribution in [0, 0.1) is 40.2 Å². The Labute approximate surface area is 242 Å². The summed E-state index contributed by atoms with van der Waals surface area (Å²) in [5.41, 5.74) is 3.67. The summed E-state index contributed by atoms with van der Waals surface area (Å²) < 4.78 is 54.0. The van der Waals surface area contributed by atoms with E-state index in [0.717, 1.165) is 18.4 Å². The fourth-order valence-corrected chi connectivity index (χ4v) is 5.06. The first-order valence-electron chi connectivity index (χ1n) is 12.9. The number of rotatable bonds is 8. The second-order valence-corrected chi connectivity index (χ2v) is 11.6. The minimum Gasteiger partial charge on any atom is -0.298 e. The summed E-state index contributed by atoms with van der Waals surface area (Å²) in [6.45, 7) is 1.60. The molecule has 2 heterocycles. The third-order valence-corrected chi connectivity index (χ3v) is 8.01. The summed E-state index contributed by atoms with van der Waals surface area (Å²) in [5, 5.41) is 17.4. The molecule has 0 bridgehead atoms. The van der Waals surface area contributed by atoms with Gasteiger partial charge in [-0.15, -0.1) is 0 Å². The fourth-order valence-electron chi connectivity index (χ4n) is 4.18. The van der Waals surface area contributed by atoms with Gasteiger partial charge in [-0.1, -0.05) is 12.1 Å². The summed E-state index contributed by atoms with van der Waals surface area (Å²) in [7, 11) is -3.34. The van der Waals surface area contributed by atoms with Crippen molar-refractivity contribution in [2.45, 2.75) is 25.8 Å². The van der Waals surface area contributed by atoms with E-state index in [1.807, 2.05) is 6.07 Å². The first kappa shape index (κ1) is 30.1. The molecule has 0 saturated heterocycles. The lowest BCUT2D eigenvalue weighted by Gasteiger charge is -2.18. The Kier molecular flexibility index (Phi) is 9.48. The number of hydrogen-bond acceptors (Lipinski definition) is 7. The summed E-state index contributed by atoms with van der Waals surface area (Å²) in [5.74, 6) is -0.891. The van der Waals surface area contributed by atoms with Gasteiger partial charge in [-0.2, -0.15) is 10.5 Å². The standard InChI is InChI=1S/C18H18FN3O2S.C13H7FN2O/c1-2-25(23,24)22-18(12-3-4-12)16-7-15(10-21-11-16)13-5-6-14(9-20)17(19)8-13;14-13-4-10(1-2-11(13)5-15)12-3-9(8-17)6-16-7-12/h5-8,10-12,18,22H,2-4H2,1H3;1-4,6-8H. The normalized spacial score (nSPS) is 13.2. The molecule has 1 atom stereocenters. The van der Waals surface area contributed by atoms with Gasteiger partial charge in [-0.25, -0.2) is 21.9 Å². The van der Waals surface area contributed by atoms with Crippen molar-refractivity contribution in [2.24, 2.45) is 5.92 Å². The van der Waals surface area contributed by atoms with Crippen LogP contribution in [-0.4, -0.2) is 30.4 Å². The number of pyridine rings is 2. The van der Waals surface area contributed by atoms with Crippen LogP contribution in [0.5, 0.6) is 0 Å². The van der Waals surface area contributed by atoms with Crippen molar-refractivity contribution in [3.05, 3.63) is 107 Å². The number of carbonyl (C=O) groups excluding carboxylic acids is 1. The van der Waals surface area contributed by atoms with Crippen molar-refractivity contribution in [3.63, 3.8) is 0 Å². The molecule has 2 aromatic carbocycles. The Bertz CT molecular complexity index is 1810. The molecule has 1 fully saturated rings. The van der Waals surface area contributed by atoms with E-state index >= 15 is 0 Å². The van der Waals surface area contributed by atoms with Gasteiger partial charge in [-0.3, -0.25) is 14.8 Å². The average Bonchev–Trinajstić information content (AvgIpc) is 3.86. The molecule has 5 rings (SSSR count). The Morgan fingerprint density at radius 1 is 0.881 bits per heavy atom. The summed E-state index contributed by atoms with van der Waals surface area (Å²) >= 11 is 0. The van der Waals surface area contributed by atoms with E-state index in [0.29, 0.717) is 34.1 Å². The van der Waals surface area contributed by atoms with Gasteiger partial charge in [0.2, 0.25) is 10.0 Å². The van der Waals surface area contributed by atoms with Crippen LogP contribution >= 0.6 is 0 Å². The Balaban J connectivity index is 0.000000208. The number of nitrogens with zero attached hydrogens (tertiary/aromatic N) is 4. The van der Waals surface area contributed by atoms with Crippen LogP contribution in [0.3, 0.4) is 0 Å². The van der Waals surface area contributed by atoms with Crippen LogP contribution in [0.25, 0.3) is 22.3 Å². The molecule has 1 saturated carbocycles. The van der Waals surface area contributed by atoms with E-state index in [2.05, 4.69) is 14.7 Å². The molecule has 4 aromatic rings. The molecule has 0 amide bonds. The van der Waals surface area contributed by atoms with Crippen LogP contribution in [0.4, 0.5) is 8.78 Å². The van der Waals surface area contributed by atoms with Crippen molar-refractivity contribution in [1.82, 2.24) is 14.7 Å². The predicted octanol–water partition coefficient (Wildman–Crippen LogP) is 5.72. The number of nitrogens with one attached hydrogen (secondary N) is 1. The number of aldehydes is 1. The quantitative estimate of drug-likeness (QED) is 0.261. The van der Waals surface area contributed by atoms with E-state index in [1.165, 1.54) is 36.7 Å². The third kappa shape index (κ3) is 7.46. The average molecular weight is 586 g/mol. The van der Waals surface area contributed by atoms with Crippen molar-refractivity contribution >= 4 is 16.3 Å². The topological polar surface area (TPSA) is 137 Å². The zero-order valence-electron chi connectivity index (χ0n) is 22.5. The third-order valence-electron chi connectivity index (χ3n) is 6.64. The molecule has 0 aliphatic heterocycles. The van der Waals surface area contributed by atoms with Gasteiger partial charge in [-0.05, 0) is 78.8 Å². The molecule has 8 nitrogen and oxygen atoms in total. The highest BCUT2D eigenvalue weighted by Gasteiger charge is 2.35. The second kappa shape index (κ2) is 13.2. The highest BCUT2D eigenvalue weighted by molar-refractivity contribution is 7.89. The molecule has 1 aliphatic carbocycles. The first-order valence-corrected chi connectivity index (χ1v) is 14.6. The van der Waals surface area contributed by atoms with E-state index in [1.54, 1.807) is 49.7 Å². The maximum Gasteiger partial charge on any atom is 0.211 e. The lowest BCUT2D eigenvalue weighted by molar-refractivity contribution is 0.112. The zero-order valence-corrected chi connectivity index (χ0v) is 23.3. The van der Waals surface area contributed by atoms with Crippen molar-refractivity contribution in [1.29, 1.82) is 10.5 Å². The number of carbonyl (C=O) groups is 1. The van der Waals surface area contributed by atoms with E-state index < -0.39 is 21.7 Å². The minimum atomic E-state index is -3.34. The van der Waals surface area contributed by atoms with Crippen molar-refractivity contribution < 1.29 is 22.0 Å². The Morgan fingerprint density at radius 2 is 1.43 bits per heavy atom. The summed E-state index contributed by atoms with van der Waals surface area (Å²) in [4.78, 5) is 18.7. The zero-order chi connectivity index (χ0) is 30.3. The fraction of sp³-hybridized carbons (Fsp3) is 0.194. The molecule has 2 aromatic heterocycles. The highest BCUT2D eigenvalue weighted by Crippen LogP contribution is 2.42.